The summed E-state index contributed by atoms with van der Waals surface area (Å²) in [5, 5.41) is 11.7. The van der Waals surface area contributed by atoms with Gasteiger partial charge in [-0.05, 0) is 18.2 Å². The van der Waals surface area contributed by atoms with Gasteiger partial charge < -0.3 is 10.4 Å². The second-order valence-corrected chi connectivity index (χ2v) is 4.60. The van der Waals surface area contributed by atoms with Crippen LogP contribution in [0.25, 0.3) is 0 Å². The lowest BCUT2D eigenvalue weighted by Gasteiger charge is -2.16. The van der Waals surface area contributed by atoms with Crippen molar-refractivity contribution in [2.45, 2.75) is 12.3 Å². The summed E-state index contributed by atoms with van der Waals surface area (Å²) in [5.41, 5.74) is -0.862. The van der Waals surface area contributed by atoms with E-state index >= 15 is 0 Å². The molecule has 17 heavy (non-hydrogen) atoms. The predicted molar refractivity (Wildman–Crippen MR) is 64.4 cm³/mol. The molecule has 1 aromatic carbocycles. The van der Waals surface area contributed by atoms with Gasteiger partial charge in [0.2, 0.25) is 0 Å². The van der Waals surface area contributed by atoms with E-state index in [1.54, 1.807) is 0 Å². The van der Waals surface area contributed by atoms with Crippen molar-refractivity contribution in [1.29, 1.82) is 0 Å². The lowest BCUT2D eigenvalue weighted by Crippen LogP contribution is -2.22. The highest BCUT2D eigenvalue weighted by atomic mass is 79.9. The van der Waals surface area contributed by atoms with Gasteiger partial charge in [0.15, 0.2) is 0 Å². The SMILES string of the molecule is OC(CCl)CNc1ccc(Br)cc1C(F)(F)F. The molecule has 0 bridgehead atoms. The van der Waals surface area contributed by atoms with Crippen molar-refractivity contribution < 1.29 is 18.3 Å². The van der Waals surface area contributed by atoms with Crippen LogP contribution in [0.15, 0.2) is 22.7 Å². The molecule has 0 spiro atoms. The highest BCUT2D eigenvalue weighted by molar-refractivity contribution is 9.10. The minimum absolute atomic E-state index is 0.0335. The third kappa shape index (κ3) is 4.37. The summed E-state index contributed by atoms with van der Waals surface area (Å²) in [6.45, 7) is -0.0335. The van der Waals surface area contributed by atoms with Crippen molar-refractivity contribution in [3.63, 3.8) is 0 Å². The number of nitrogens with one attached hydrogen (secondary N) is 1. The molecule has 0 aromatic heterocycles. The third-order valence-electron chi connectivity index (χ3n) is 1.99. The number of hydrogen-bond acceptors (Lipinski definition) is 2. The average molecular weight is 333 g/mol. The van der Waals surface area contributed by atoms with E-state index in [-0.39, 0.29) is 18.1 Å². The van der Waals surface area contributed by atoms with E-state index in [4.69, 9.17) is 11.6 Å². The van der Waals surface area contributed by atoms with Crippen LogP contribution >= 0.6 is 27.5 Å². The zero-order valence-electron chi connectivity index (χ0n) is 8.56. The summed E-state index contributed by atoms with van der Waals surface area (Å²) in [7, 11) is 0. The summed E-state index contributed by atoms with van der Waals surface area (Å²) in [6, 6.07) is 3.77. The van der Waals surface area contributed by atoms with Crippen LogP contribution in [-0.2, 0) is 6.18 Å². The van der Waals surface area contributed by atoms with E-state index < -0.39 is 17.8 Å². The van der Waals surface area contributed by atoms with Crippen LogP contribution in [0.4, 0.5) is 18.9 Å². The fraction of sp³-hybridized carbons (Fsp3) is 0.400. The fourth-order valence-corrected chi connectivity index (χ4v) is 1.66. The second-order valence-electron chi connectivity index (χ2n) is 3.38. The Kier molecular flexibility index (Phi) is 5.09. The maximum atomic E-state index is 12.7. The van der Waals surface area contributed by atoms with Crippen molar-refractivity contribution in [3.8, 4) is 0 Å². The lowest BCUT2D eigenvalue weighted by molar-refractivity contribution is -0.137. The Balaban J connectivity index is 2.91. The first-order valence-corrected chi connectivity index (χ1v) is 6.02. The van der Waals surface area contributed by atoms with Crippen LogP contribution < -0.4 is 5.32 Å². The van der Waals surface area contributed by atoms with Crippen molar-refractivity contribution >= 4 is 33.2 Å². The number of aliphatic hydroxyl groups excluding tert-OH is 1. The molecule has 1 atom stereocenters. The van der Waals surface area contributed by atoms with Crippen LogP contribution in [0.3, 0.4) is 0 Å². The minimum atomic E-state index is -4.45. The Morgan fingerprint density at radius 1 is 1.41 bits per heavy atom. The molecule has 0 saturated carbocycles. The maximum Gasteiger partial charge on any atom is 0.418 e. The van der Waals surface area contributed by atoms with Gasteiger partial charge in [0.25, 0.3) is 0 Å². The highest BCUT2D eigenvalue weighted by Gasteiger charge is 2.33. The van der Waals surface area contributed by atoms with Gasteiger partial charge in [-0.25, -0.2) is 0 Å². The maximum absolute atomic E-state index is 12.7. The molecule has 7 heteroatoms. The highest BCUT2D eigenvalue weighted by Crippen LogP contribution is 2.36. The van der Waals surface area contributed by atoms with Crippen LogP contribution in [0.2, 0.25) is 0 Å². The van der Waals surface area contributed by atoms with Crippen LogP contribution in [0, 0.1) is 0 Å². The molecule has 2 N–H and O–H groups in total. The molecule has 0 radical (unpaired) electrons. The molecule has 0 amide bonds. The molecule has 0 saturated heterocycles. The van der Waals surface area contributed by atoms with Gasteiger partial charge in [0.1, 0.15) is 0 Å². The van der Waals surface area contributed by atoms with E-state index in [2.05, 4.69) is 21.2 Å². The largest absolute Gasteiger partial charge is 0.418 e. The summed E-state index contributed by atoms with van der Waals surface area (Å²) >= 11 is 8.34. The first-order chi connectivity index (χ1) is 7.84. The number of rotatable bonds is 4. The summed E-state index contributed by atoms with van der Waals surface area (Å²) in [4.78, 5) is 0. The zero-order valence-corrected chi connectivity index (χ0v) is 10.9. The lowest BCUT2D eigenvalue weighted by atomic mass is 10.1. The fourth-order valence-electron chi connectivity index (χ4n) is 1.19. The van der Waals surface area contributed by atoms with Crippen molar-refractivity contribution in [2.24, 2.45) is 0 Å². The molecule has 2 nitrogen and oxygen atoms in total. The summed E-state index contributed by atoms with van der Waals surface area (Å²) in [5.74, 6) is -0.0368. The number of halogens is 5. The molecule has 0 aliphatic carbocycles. The van der Waals surface area contributed by atoms with E-state index in [9.17, 15) is 18.3 Å². The standard InChI is InChI=1S/C10H10BrClF3NO/c11-6-1-2-9(16-5-7(17)4-12)8(3-6)10(13,14)15/h1-3,7,16-17H,4-5H2. The van der Waals surface area contributed by atoms with Gasteiger partial charge in [-0.1, -0.05) is 15.9 Å². The first kappa shape index (κ1) is 14.6. The smallest absolute Gasteiger partial charge is 0.390 e. The summed E-state index contributed by atoms with van der Waals surface area (Å²) in [6.07, 6.45) is -5.33. The van der Waals surface area contributed by atoms with Gasteiger partial charge in [-0.3, -0.25) is 0 Å². The second kappa shape index (κ2) is 5.93. The Labute approximate surface area is 110 Å². The van der Waals surface area contributed by atoms with E-state index in [0.29, 0.717) is 4.47 Å². The molecular formula is C10H10BrClF3NO. The first-order valence-electron chi connectivity index (χ1n) is 4.69. The van der Waals surface area contributed by atoms with Gasteiger partial charge in [0.05, 0.1) is 17.5 Å². The number of anilines is 1. The molecular weight excluding hydrogens is 322 g/mol. The Hall–Kier alpha value is -0.460. The molecule has 0 aliphatic heterocycles. The quantitative estimate of drug-likeness (QED) is 0.828. The number of alkyl halides is 4. The molecule has 1 aromatic rings. The Bertz CT molecular complexity index is 386. The zero-order chi connectivity index (χ0) is 13.1. The van der Waals surface area contributed by atoms with Crippen LogP contribution in [0.5, 0.6) is 0 Å². The van der Waals surface area contributed by atoms with E-state index in [1.165, 1.54) is 12.1 Å². The predicted octanol–water partition coefficient (Wildman–Crippen LogP) is 3.48. The van der Waals surface area contributed by atoms with Crippen LogP contribution in [-0.4, -0.2) is 23.6 Å². The Morgan fingerprint density at radius 3 is 2.59 bits per heavy atom. The van der Waals surface area contributed by atoms with E-state index in [0.717, 1.165) is 6.07 Å². The molecule has 1 rings (SSSR count). The third-order valence-corrected chi connectivity index (χ3v) is 2.84. The summed E-state index contributed by atoms with van der Waals surface area (Å²) < 4.78 is 38.4. The topological polar surface area (TPSA) is 32.3 Å². The van der Waals surface area contributed by atoms with Crippen molar-refractivity contribution in [1.82, 2.24) is 0 Å². The number of aliphatic hydroxyl groups is 1. The van der Waals surface area contributed by atoms with Gasteiger partial charge in [-0.15, -0.1) is 11.6 Å². The number of benzene rings is 1. The normalized spacial score (nSPS) is 13.5. The number of hydrogen-bond donors (Lipinski definition) is 2. The molecule has 96 valence electrons. The van der Waals surface area contributed by atoms with Gasteiger partial charge >= 0.3 is 6.18 Å². The van der Waals surface area contributed by atoms with Crippen LogP contribution in [0.1, 0.15) is 5.56 Å². The minimum Gasteiger partial charge on any atom is -0.390 e. The Morgan fingerprint density at radius 2 is 2.06 bits per heavy atom. The molecule has 0 heterocycles. The molecule has 0 aliphatic rings. The van der Waals surface area contributed by atoms with Crippen molar-refractivity contribution in [2.75, 3.05) is 17.7 Å². The molecule has 0 fully saturated rings. The van der Waals surface area contributed by atoms with Gasteiger partial charge in [-0.2, -0.15) is 13.2 Å². The van der Waals surface area contributed by atoms with Crippen molar-refractivity contribution in [3.05, 3.63) is 28.2 Å². The average Bonchev–Trinajstić information content (AvgIpc) is 2.25. The van der Waals surface area contributed by atoms with Gasteiger partial charge in [0, 0.05) is 16.7 Å². The molecule has 1 unspecified atom stereocenters. The monoisotopic (exact) mass is 331 g/mol. The van der Waals surface area contributed by atoms with E-state index in [1.807, 2.05) is 0 Å².